The molecule has 4 heterocycles. The Balaban J connectivity index is 1.41. The van der Waals surface area contributed by atoms with Gasteiger partial charge >= 0.3 is 11.9 Å². The van der Waals surface area contributed by atoms with E-state index in [-0.39, 0.29) is 28.1 Å². The Kier molecular flexibility index (Phi) is 7.34. The number of fused-ring (bicyclic) bond motifs is 1. The lowest BCUT2D eigenvalue weighted by Crippen LogP contribution is -2.70. The predicted molar refractivity (Wildman–Crippen MR) is 121 cm³/mol. The number of nitrogens with zero attached hydrogens (tertiary/aromatic N) is 5. The first-order valence-corrected chi connectivity index (χ1v) is 13.7. The third-order valence-corrected chi connectivity index (χ3v) is 9.71. The number of aliphatic carboxylic acids is 2. The summed E-state index contributed by atoms with van der Waals surface area (Å²) in [5.74, 6) is -3.44. The third-order valence-electron chi connectivity index (χ3n) is 4.71. The number of aromatic nitrogens is 4. The number of hydrogen-bond acceptors (Lipinski definition) is 11. The van der Waals surface area contributed by atoms with Crippen LogP contribution in [0.3, 0.4) is 0 Å². The molecule has 3 atom stereocenters. The first kappa shape index (κ1) is 24.4. The number of thiophene rings is 1. The van der Waals surface area contributed by atoms with Crippen molar-refractivity contribution in [2.75, 3.05) is 17.3 Å². The smallest absolute Gasteiger partial charge is 0.352 e. The fourth-order valence-corrected chi connectivity index (χ4v) is 7.55. The first-order chi connectivity index (χ1) is 16.3. The van der Waals surface area contributed by atoms with Crippen molar-refractivity contribution in [1.29, 1.82) is 0 Å². The maximum absolute atomic E-state index is 12.7. The molecule has 1 fully saturated rings. The largest absolute Gasteiger partial charge is 0.480 e. The zero-order chi connectivity index (χ0) is 24.4. The molecule has 180 valence electrons. The zero-order valence-electron chi connectivity index (χ0n) is 17.0. The third kappa shape index (κ3) is 5.01. The van der Waals surface area contributed by atoms with Crippen LogP contribution in [0.15, 0.2) is 38.1 Å². The molecule has 2 aliphatic heterocycles. The maximum atomic E-state index is 12.7. The van der Waals surface area contributed by atoms with Gasteiger partial charge in [-0.1, -0.05) is 17.8 Å². The van der Waals surface area contributed by atoms with E-state index in [1.54, 1.807) is 17.5 Å². The molecule has 2 aliphatic rings. The van der Waals surface area contributed by atoms with Crippen molar-refractivity contribution in [3.8, 4) is 0 Å². The normalized spacial score (nSPS) is 20.5. The van der Waals surface area contributed by atoms with Crippen LogP contribution in [0, 0.1) is 0 Å². The molecule has 3 N–H and O–H groups in total. The Morgan fingerprint density at radius 2 is 2.12 bits per heavy atom. The molecule has 2 unspecified atom stereocenters. The molecule has 2 amide bonds. The molecule has 1 saturated heterocycles. The topological polar surface area (TPSA) is 185 Å². The molecule has 0 saturated carbocycles. The standard InChI is InChI=1S/C17H16N6O7S4/c24-9(7-34(30)11-2-1-3-31-11)18-12-14(27)23-13(16(28)29)8(5-32-15(12)23)6-33-17-19-20-21-22(17)4-10(25)26/h1-3,12,15H,4-7H2,(H,18,24)(H,25,26)(H,28,29)/t12?,15-,34?/m1/s1. The summed E-state index contributed by atoms with van der Waals surface area (Å²) >= 11 is 3.62. The fraction of sp³-hybridized carbons (Fsp3) is 0.353. The Morgan fingerprint density at radius 1 is 1.32 bits per heavy atom. The molecule has 34 heavy (non-hydrogen) atoms. The fourth-order valence-electron chi connectivity index (χ4n) is 3.27. The first-order valence-electron chi connectivity index (χ1n) is 9.48. The van der Waals surface area contributed by atoms with Crippen LogP contribution in [0.4, 0.5) is 0 Å². The number of rotatable bonds is 10. The van der Waals surface area contributed by atoms with Gasteiger partial charge in [-0.05, 0) is 27.4 Å². The van der Waals surface area contributed by atoms with Gasteiger partial charge in [-0.2, -0.15) is 0 Å². The summed E-state index contributed by atoms with van der Waals surface area (Å²) in [7, 11) is -1.53. The second-order valence-electron chi connectivity index (χ2n) is 6.94. The summed E-state index contributed by atoms with van der Waals surface area (Å²) < 4.78 is 13.9. The average molecular weight is 545 g/mol. The van der Waals surface area contributed by atoms with E-state index in [2.05, 4.69) is 20.8 Å². The van der Waals surface area contributed by atoms with Gasteiger partial charge in [0.25, 0.3) is 5.91 Å². The van der Waals surface area contributed by atoms with Crippen LogP contribution in [-0.2, 0) is 36.5 Å². The number of carbonyl (C=O) groups is 4. The molecular formula is C17H16N6O7S4. The molecule has 0 radical (unpaired) electrons. The number of tetrazole rings is 1. The van der Waals surface area contributed by atoms with Gasteiger partial charge in [0.1, 0.15) is 29.4 Å². The highest BCUT2D eigenvalue weighted by Crippen LogP contribution is 2.41. The van der Waals surface area contributed by atoms with Crippen molar-refractivity contribution >= 4 is 69.4 Å². The number of thioether (sulfide) groups is 2. The molecule has 0 spiro atoms. The van der Waals surface area contributed by atoms with Crippen molar-refractivity contribution in [1.82, 2.24) is 30.4 Å². The molecule has 2 aromatic heterocycles. The van der Waals surface area contributed by atoms with E-state index >= 15 is 0 Å². The molecule has 0 aliphatic carbocycles. The molecule has 0 aromatic carbocycles. The number of hydrogen-bond donors (Lipinski definition) is 3. The van der Waals surface area contributed by atoms with Gasteiger partial charge in [-0.15, -0.1) is 28.2 Å². The minimum Gasteiger partial charge on any atom is -0.480 e. The summed E-state index contributed by atoms with van der Waals surface area (Å²) in [4.78, 5) is 49.1. The van der Waals surface area contributed by atoms with Gasteiger partial charge in [-0.3, -0.25) is 23.5 Å². The quantitative estimate of drug-likeness (QED) is 0.257. The molecular weight excluding hydrogens is 528 g/mol. The summed E-state index contributed by atoms with van der Waals surface area (Å²) in [6.45, 7) is -0.444. The van der Waals surface area contributed by atoms with E-state index in [9.17, 15) is 28.5 Å². The average Bonchev–Trinajstić information content (AvgIpc) is 3.47. The van der Waals surface area contributed by atoms with Gasteiger partial charge in [-0.25, -0.2) is 9.48 Å². The van der Waals surface area contributed by atoms with E-state index in [0.717, 1.165) is 21.3 Å². The highest BCUT2D eigenvalue weighted by Gasteiger charge is 2.54. The van der Waals surface area contributed by atoms with E-state index in [1.807, 2.05) is 0 Å². The van der Waals surface area contributed by atoms with Gasteiger partial charge < -0.3 is 15.5 Å². The Morgan fingerprint density at radius 3 is 2.79 bits per heavy atom. The van der Waals surface area contributed by atoms with Crippen LogP contribution in [0.5, 0.6) is 0 Å². The second-order valence-corrected chi connectivity index (χ2v) is 11.6. The Labute approximate surface area is 206 Å². The summed E-state index contributed by atoms with van der Waals surface area (Å²) in [5, 5.41) is 33.4. The minimum absolute atomic E-state index is 0.127. The summed E-state index contributed by atoms with van der Waals surface area (Å²) in [6, 6.07) is 2.47. The van der Waals surface area contributed by atoms with Gasteiger partial charge in [0, 0.05) is 11.5 Å². The van der Waals surface area contributed by atoms with Crippen LogP contribution < -0.4 is 5.32 Å². The van der Waals surface area contributed by atoms with Crippen LogP contribution in [-0.4, -0.2) is 92.0 Å². The lowest BCUT2D eigenvalue weighted by molar-refractivity contribution is -0.150. The van der Waals surface area contributed by atoms with Gasteiger partial charge in [0.15, 0.2) is 0 Å². The minimum atomic E-state index is -1.53. The lowest BCUT2D eigenvalue weighted by Gasteiger charge is -2.49. The van der Waals surface area contributed by atoms with Crippen molar-refractivity contribution in [3.05, 3.63) is 28.8 Å². The van der Waals surface area contributed by atoms with E-state index in [0.29, 0.717) is 9.78 Å². The van der Waals surface area contributed by atoms with E-state index < -0.39 is 52.5 Å². The van der Waals surface area contributed by atoms with Crippen LogP contribution >= 0.6 is 34.9 Å². The SMILES string of the molecule is O=C(O)Cn1nnnc1SCC1=C(C(=O)O)N2C(=O)C(NC(=O)CS(=O)c3cccs3)[C@H]2SC1. The van der Waals surface area contributed by atoms with Gasteiger partial charge in [0.2, 0.25) is 11.1 Å². The van der Waals surface area contributed by atoms with E-state index in [4.69, 9.17) is 5.11 Å². The van der Waals surface area contributed by atoms with Crippen LogP contribution in [0.2, 0.25) is 0 Å². The summed E-state index contributed by atoms with van der Waals surface area (Å²) in [6.07, 6.45) is 0. The second kappa shape index (κ2) is 10.2. The highest BCUT2D eigenvalue weighted by molar-refractivity contribution is 8.01. The van der Waals surface area contributed by atoms with E-state index in [1.165, 1.54) is 23.1 Å². The van der Waals surface area contributed by atoms with Crippen molar-refractivity contribution in [2.45, 2.75) is 27.3 Å². The number of carboxylic acid groups (broad SMARTS) is 2. The molecule has 17 heteroatoms. The Hall–Kier alpha value is -2.76. The number of carboxylic acids is 2. The van der Waals surface area contributed by atoms with Crippen molar-refractivity contribution < 1.29 is 33.6 Å². The molecule has 0 bridgehead atoms. The highest BCUT2D eigenvalue weighted by atomic mass is 32.2. The number of nitrogens with one attached hydrogen (secondary N) is 1. The lowest BCUT2D eigenvalue weighted by atomic mass is 10.0. The predicted octanol–water partition coefficient (Wildman–Crippen LogP) is -0.542. The number of amides is 2. The molecule has 13 nitrogen and oxygen atoms in total. The zero-order valence-corrected chi connectivity index (χ0v) is 20.3. The number of carbonyl (C=O) groups excluding carboxylic acids is 2. The maximum Gasteiger partial charge on any atom is 0.352 e. The van der Waals surface area contributed by atoms with Crippen LogP contribution in [0.25, 0.3) is 0 Å². The Bertz CT molecular complexity index is 1200. The monoisotopic (exact) mass is 544 g/mol. The van der Waals surface area contributed by atoms with Gasteiger partial charge in [0.05, 0.1) is 15.0 Å². The molecule has 2 aromatic rings. The van der Waals surface area contributed by atoms with Crippen LogP contribution in [0.1, 0.15) is 0 Å². The summed E-state index contributed by atoms with van der Waals surface area (Å²) in [5.41, 5.74) is 0.270. The van der Waals surface area contributed by atoms with Crippen molar-refractivity contribution in [2.24, 2.45) is 0 Å². The van der Waals surface area contributed by atoms with Crippen molar-refractivity contribution in [3.63, 3.8) is 0 Å². The number of β-lactam (4-membered cyclic amide) rings is 1. The molecule has 4 rings (SSSR count).